The summed E-state index contributed by atoms with van der Waals surface area (Å²) in [5.41, 5.74) is 5.98. The number of thioether (sulfide) groups is 2. The van der Waals surface area contributed by atoms with E-state index in [0.29, 0.717) is 45.0 Å². The summed E-state index contributed by atoms with van der Waals surface area (Å²) in [6.07, 6.45) is -1.67. The van der Waals surface area contributed by atoms with Gasteiger partial charge in [-0.3, -0.25) is 0 Å². The molecule has 0 aliphatic carbocycles. The molecule has 10 nitrogen and oxygen atoms in total. The van der Waals surface area contributed by atoms with Crippen molar-refractivity contribution in [2.24, 2.45) is 0 Å². The summed E-state index contributed by atoms with van der Waals surface area (Å²) >= 11 is 13.3. The molecule has 0 amide bonds. The second kappa shape index (κ2) is 24.2. The number of thiocarbonyl (C=S) groups is 2. The Balaban J connectivity index is 0.726. The van der Waals surface area contributed by atoms with Crippen LogP contribution < -0.4 is 28.4 Å². The molecular formula is C59H64O10S4. The Kier molecular flexibility index (Phi) is 17.9. The third kappa shape index (κ3) is 14.4. The summed E-state index contributed by atoms with van der Waals surface area (Å²) in [5.74, 6) is 5.88. The van der Waals surface area contributed by atoms with Gasteiger partial charge in [-0.05, 0) is 131 Å². The first-order chi connectivity index (χ1) is 35.0. The third-order valence-electron chi connectivity index (χ3n) is 13.4. The largest absolute Gasteiger partial charge is 0.491 e. The highest BCUT2D eigenvalue weighted by atomic mass is 32.2. The molecule has 0 aromatic heterocycles. The average molecular weight is 1060 g/mol. The molecule has 0 saturated carbocycles. The van der Waals surface area contributed by atoms with Gasteiger partial charge in [-0.1, -0.05) is 138 Å². The molecule has 6 aromatic rings. The van der Waals surface area contributed by atoms with Crippen LogP contribution in [0.2, 0.25) is 0 Å². The maximum absolute atomic E-state index is 10.7. The van der Waals surface area contributed by atoms with Crippen LogP contribution in [0.15, 0.2) is 146 Å². The second-order valence-electron chi connectivity index (χ2n) is 19.8. The smallest absolute Gasteiger partial charge is 0.220 e. The zero-order valence-electron chi connectivity index (χ0n) is 42.1. The van der Waals surface area contributed by atoms with Gasteiger partial charge in [-0.2, -0.15) is 0 Å². The van der Waals surface area contributed by atoms with Crippen LogP contribution in [0.25, 0.3) is 0 Å². The van der Waals surface area contributed by atoms with E-state index in [2.05, 4.69) is 90.1 Å². The van der Waals surface area contributed by atoms with E-state index >= 15 is 0 Å². The van der Waals surface area contributed by atoms with Crippen LogP contribution in [0.4, 0.5) is 0 Å². The number of aliphatic hydroxyl groups excluding tert-OH is 2. The lowest BCUT2D eigenvalue weighted by Crippen LogP contribution is -2.25. The summed E-state index contributed by atoms with van der Waals surface area (Å²) in [6, 6.07) is 48.1. The van der Waals surface area contributed by atoms with Crippen molar-refractivity contribution < 1.29 is 48.1 Å². The monoisotopic (exact) mass is 1060 g/mol. The molecule has 2 aliphatic heterocycles. The van der Waals surface area contributed by atoms with E-state index in [0.717, 1.165) is 56.4 Å². The lowest BCUT2D eigenvalue weighted by Gasteiger charge is -2.27. The van der Waals surface area contributed by atoms with E-state index in [9.17, 15) is 10.2 Å². The van der Waals surface area contributed by atoms with Crippen molar-refractivity contribution in [2.45, 2.75) is 82.2 Å². The Hall–Kier alpha value is -5.48. The van der Waals surface area contributed by atoms with E-state index in [1.54, 1.807) is 23.5 Å². The Morgan fingerprint density at radius 1 is 0.397 bits per heavy atom. The zero-order valence-corrected chi connectivity index (χ0v) is 45.4. The third-order valence-corrected chi connectivity index (χ3v) is 16.0. The van der Waals surface area contributed by atoms with Crippen LogP contribution in [0.5, 0.6) is 34.5 Å². The molecule has 2 fully saturated rings. The Morgan fingerprint density at radius 3 is 0.795 bits per heavy atom. The first-order valence-electron chi connectivity index (χ1n) is 24.4. The SMILES string of the molecule is CC(C)(c1ccc(OCC(O)COc2ccc(C(C)(C)c3ccc(OCC4CSC(=S)O4)cc3)cc2)cc1)c1ccc(OCC(O)COc2ccc(C(C)(C)c3ccc(OCC4CSC(=S)O4)cc3)cc2)cc1. The van der Waals surface area contributed by atoms with Gasteiger partial charge in [0.05, 0.1) is 0 Å². The minimum Gasteiger partial charge on any atom is -0.491 e. The lowest BCUT2D eigenvalue weighted by atomic mass is 9.78. The van der Waals surface area contributed by atoms with Gasteiger partial charge in [0.1, 0.15) is 98.6 Å². The molecule has 2 saturated heterocycles. The second-order valence-corrected chi connectivity index (χ2v) is 23.0. The van der Waals surface area contributed by atoms with E-state index < -0.39 is 12.2 Å². The average Bonchev–Trinajstić information content (AvgIpc) is 4.04. The molecule has 0 spiro atoms. The highest BCUT2D eigenvalue weighted by molar-refractivity contribution is 8.23. The molecule has 73 heavy (non-hydrogen) atoms. The summed E-state index contributed by atoms with van der Waals surface area (Å²) in [6.45, 7) is 14.4. The molecule has 0 radical (unpaired) electrons. The highest BCUT2D eigenvalue weighted by Crippen LogP contribution is 2.37. The number of hydrogen-bond acceptors (Lipinski definition) is 14. The molecule has 0 bridgehead atoms. The van der Waals surface area contributed by atoms with Crippen molar-refractivity contribution in [1.82, 2.24) is 0 Å². The Morgan fingerprint density at radius 2 is 0.603 bits per heavy atom. The van der Waals surface area contributed by atoms with E-state index in [4.69, 9.17) is 62.3 Å². The van der Waals surface area contributed by atoms with Gasteiger partial charge in [0, 0.05) is 27.8 Å². The van der Waals surface area contributed by atoms with Crippen LogP contribution in [-0.2, 0) is 25.7 Å². The molecule has 14 heteroatoms. The van der Waals surface area contributed by atoms with Gasteiger partial charge in [-0.15, -0.1) is 0 Å². The number of hydrogen-bond donors (Lipinski definition) is 2. The molecular weight excluding hydrogens is 997 g/mol. The van der Waals surface area contributed by atoms with Crippen LogP contribution in [0.3, 0.4) is 0 Å². The van der Waals surface area contributed by atoms with Crippen molar-refractivity contribution in [2.75, 3.05) is 51.1 Å². The maximum atomic E-state index is 10.7. The number of benzene rings is 6. The minimum atomic E-state index is -0.825. The fourth-order valence-electron chi connectivity index (χ4n) is 8.45. The zero-order chi connectivity index (χ0) is 51.6. The quantitative estimate of drug-likeness (QED) is 0.0561. The summed E-state index contributed by atoms with van der Waals surface area (Å²) in [5, 5.41) is 21.4. The van der Waals surface area contributed by atoms with Crippen molar-refractivity contribution in [3.63, 3.8) is 0 Å². The Labute approximate surface area is 449 Å². The van der Waals surface area contributed by atoms with E-state index in [1.165, 1.54) is 0 Å². The minimum absolute atomic E-state index is 0.0126. The highest BCUT2D eigenvalue weighted by Gasteiger charge is 2.28. The van der Waals surface area contributed by atoms with Crippen LogP contribution in [0, 0.1) is 0 Å². The van der Waals surface area contributed by atoms with Crippen molar-refractivity contribution >= 4 is 56.7 Å². The maximum Gasteiger partial charge on any atom is 0.220 e. The standard InChI is InChI=1S/C59H64O10S4/c1-57(2,39-7-19-47(20-8-39)62-31-45(60)33-64-49-23-11-41(12-24-49)58(3,4)43-15-27-51(28-16-43)66-35-53-37-72-55(70)68-53)40-9-21-48(22-10-40)63-32-46(61)34-65-50-25-13-42(14-26-50)59(5,6)44-17-29-52(30-18-44)67-36-54-38-73-56(71)69-54/h7-30,45-46,53-54,60-61H,31-38H2,1-6H3. The van der Waals surface area contributed by atoms with E-state index in [1.807, 2.05) is 97.1 Å². The molecule has 384 valence electrons. The number of ether oxygens (including phenoxy) is 8. The first-order valence-corrected chi connectivity index (χ1v) is 27.2. The lowest BCUT2D eigenvalue weighted by molar-refractivity contribution is 0.0626. The number of rotatable bonds is 24. The van der Waals surface area contributed by atoms with Crippen LogP contribution in [-0.4, -0.2) is 94.5 Å². The van der Waals surface area contributed by atoms with Crippen LogP contribution in [0.1, 0.15) is 74.9 Å². The molecule has 2 heterocycles. The molecule has 6 aromatic carbocycles. The normalized spacial score (nSPS) is 16.8. The summed E-state index contributed by atoms with van der Waals surface area (Å²) in [4.78, 5) is 0. The molecule has 4 unspecified atom stereocenters. The first kappa shape index (κ1) is 53.8. The van der Waals surface area contributed by atoms with Gasteiger partial charge in [0.2, 0.25) is 8.77 Å². The molecule has 2 aliphatic rings. The summed E-state index contributed by atoms with van der Waals surface area (Å²) < 4.78 is 48.0. The number of aliphatic hydroxyl groups is 2. The fourth-order valence-corrected chi connectivity index (χ4v) is 10.5. The van der Waals surface area contributed by atoms with E-state index in [-0.39, 0.29) is 54.9 Å². The molecule has 4 atom stereocenters. The Bertz CT molecular complexity index is 2540. The van der Waals surface area contributed by atoms with Crippen LogP contribution >= 0.6 is 48.0 Å². The fraction of sp³-hybridized carbons (Fsp3) is 0.356. The van der Waals surface area contributed by atoms with Gasteiger partial charge in [0.25, 0.3) is 0 Å². The molecule has 2 N–H and O–H groups in total. The molecule has 8 rings (SSSR count). The van der Waals surface area contributed by atoms with Gasteiger partial charge < -0.3 is 48.1 Å². The van der Waals surface area contributed by atoms with Crippen molar-refractivity contribution in [3.8, 4) is 34.5 Å². The predicted molar refractivity (Wildman–Crippen MR) is 300 cm³/mol. The van der Waals surface area contributed by atoms with Crippen molar-refractivity contribution in [3.05, 3.63) is 179 Å². The van der Waals surface area contributed by atoms with Crippen molar-refractivity contribution in [1.29, 1.82) is 0 Å². The van der Waals surface area contributed by atoms with Gasteiger partial charge in [0.15, 0.2) is 0 Å². The predicted octanol–water partition coefficient (Wildman–Crippen LogP) is 11.9. The van der Waals surface area contributed by atoms with Gasteiger partial charge >= 0.3 is 0 Å². The topological polar surface area (TPSA) is 114 Å². The summed E-state index contributed by atoms with van der Waals surface area (Å²) in [7, 11) is 0. The van der Waals surface area contributed by atoms with Gasteiger partial charge in [-0.25, -0.2) is 0 Å².